The van der Waals surface area contributed by atoms with Gasteiger partial charge in [-0.15, -0.1) is 0 Å². The molecule has 0 bridgehead atoms. The van der Waals surface area contributed by atoms with Crippen LogP contribution in [0.3, 0.4) is 0 Å². The van der Waals surface area contributed by atoms with Gasteiger partial charge in [0.2, 0.25) is 5.91 Å². The van der Waals surface area contributed by atoms with E-state index in [1.54, 1.807) is 0 Å². The molecule has 0 aliphatic carbocycles. The van der Waals surface area contributed by atoms with E-state index in [0.29, 0.717) is 6.42 Å². The van der Waals surface area contributed by atoms with E-state index in [-0.39, 0.29) is 11.9 Å². The van der Waals surface area contributed by atoms with E-state index in [1.807, 2.05) is 35.5 Å². The molecule has 0 spiro atoms. The molecule has 4 nitrogen and oxygen atoms in total. The summed E-state index contributed by atoms with van der Waals surface area (Å²) in [5, 5.41) is 0. The smallest absolute Gasteiger partial charge is 0.225 e. The lowest BCUT2D eigenvalue weighted by atomic mass is 10.0. The number of anilines is 1. The fourth-order valence-corrected chi connectivity index (χ4v) is 3.89. The van der Waals surface area contributed by atoms with E-state index in [0.717, 1.165) is 26.2 Å². The normalized spacial score (nSPS) is 15.5. The van der Waals surface area contributed by atoms with Gasteiger partial charge in [-0.3, -0.25) is 4.79 Å². The van der Waals surface area contributed by atoms with Gasteiger partial charge in [0, 0.05) is 44.3 Å². The van der Waals surface area contributed by atoms with Crippen molar-refractivity contribution in [2.75, 3.05) is 31.1 Å². The molecule has 0 radical (unpaired) electrons. The molecule has 0 saturated carbocycles. The Bertz CT molecular complexity index is 879. The Hall–Kier alpha value is -3.01. The molecule has 2 heterocycles. The van der Waals surface area contributed by atoms with Crippen LogP contribution in [0, 0.1) is 6.92 Å². The first-order valence-electron chi connectivity index (χ1n) is 9.97. The van der Waals surface area contributed by atoms with Crippen molar-refractivity contribution in [1.29, 1.82) is 0 Å². The maximum absolute atomic E-state index is 13.1. The minimum atomic E-state index is 0.0373. The van der Waals surface area contributed by atoms with Crippen LogP contribution in [0.1, 0.15) is 23.6 Å². The van der Waals surface area contributed by atoms with Crippen LogP contribution in [0.4, 0.5) is 5.69 Å². The summed E-state index contributed by atoms with van der Waals surface area (Å²) in [5.74, 6) is 0.229. The molecule has 1 fully saturated rings. The van der Waals surface area contributed by atoms with Gasteiger partial charge in [-0.2, -0.15) is 0 Å². The van der Waals surface area contributed by atoms with Gasteiger partial charge >= 0.3 is 0 Å². The van der Waals surface area contributed by atoms with Crippen LogP contribution >= 0.6 is 0 Å². The van der Waals surface area contributed by atoms with E-state index < -0.39 is 0 Å². The monoisotopic (exact) mass is 373 g/mol. The van der Waals surface area contributed by atoms with Crippen molar-refractivity contribution in [3.63, 3.8) is 0 Å². The second-order valence-corrected chi connectivity index (χ2v) is 7.46. The molecule has 1 aliphatic heterocycles. The van der Waals surface area contributed by atoms with Gasteiger partial charge in [-0.25, -0.2) is 0 Å². The van der Waals surface area contributed by atoms with E-state index in [9.17, 15) is 4.79 Å². The molecule has 1 amide bonds. The van der Waals surface area contributed by atoms with Gasteiger partial charge in [0.1, 0.15) is 0 Å². The SMILES string of the molecule is Cc1ccc(C(CC(=O)N2CCN(c3ccccc3)CC2)n2cccc2)cc1. The first-order valence-corrected chi connectivity index (χ1v) is 9.97. The topological polar surface area (TPSA) is 28.5 Å². The minimum absolute atomic E-state index is 0.0373. The van der Waals surface area contributed by atoms with Crippen molar-refractivity contribution < 1.29 is 4.79 Å². The Labute approximate surface area is 167 Å². The summed E-state index contributed by atoms with van der Waals surface area (Å²) in [6, 6.07) is 23.0. The van der Waals surface area contributed by atoms with Gasteiger partial charge in [0.05, 0.1) is 12.5 Å². The van der Waals surface area contributed by atoms with Crippen molar-refractivity contribution >= 4 is 11.6 Å². The van der Waals surface area contributed by atoms with Gasteiger partial charge in [0.15, 0.2) is 0 Å². The Kier molecular flexibility index (Phi) is 5.47. The number of piperazine rings is 1. The van der Waals surface area contributed by atoms with Crippen LogP contribution in [-0.4, -0.2) is 41.6 Å². The fraction of sp³-hybridized carbons (Fsp3) is 0.292. The Balaban J connectivity index is 1.43. The maximum atomic E-state index is 13.1. The van der Waals surface area contributed by atoms with Crippen molar-refractivity contribution in [2.24, 2.45) is 0 Å². The molecule has 1 atom stereocenters. The summed E-state index contributed by atoms with van der Waals surface area (Å²) in [5.41, 5.74) is 3.65. The molecule has 1 saturated heterocycles. The maximum Gasteiger partial charge on any atom is 0.225 e. The number of carbonyl (C=O) groups excluding carboxylic acids is 1. The summed E-state index contributed by atoms with van der Waals surface area (Å²) in [6.07, 6.45) is 4.58. The average molecular weight is 374 g/mol. The van der Waals surface area contributed by atoms with Crippen LogP contribution in [0.2, 0.25) is 0 Å². The molecule has 28 heavy (non-hydrogen) atoms. The third-order valence-electron chi connectivity index (χ3n) is 5.57. The van der Waals surface area contributed by atoms with E-state index in [4.69, 9.17) is 0 Å². The second-order valence-electron chi connectivity index (χ2n) is 7.46. The van der Waals surface area contributed by atoms with Crippen molar-refractivity contribution in [3.05, 3.63) is 90.3 Å². The van der Waals surface area contributed by atoms with E-state index in [2.05, 4.69) is 64.9 Å². The van der Waals surface area contributed by atoms with Crippen molar-refractivity contribution in [1.82, 2.24) is 9.47 Å². The number of aryl methyl sites for hydroxylation is 1. The van der Waals surface area contributed by atoms with Crippen LogP contribution in [0.25, 0.3) is 0 Å². The molecule has 0 N–H and O–H groups in total. The molecule has 1 aromatic heterocycles. The molecule has 4 heteroatoms. The van der Waals surface area contributed by atoms with Gasteiger partial charge in [-0.1, -0.05) is 48.0 Å². The zero-order valence-electron chi connectivity index (χ0n) is 16.4. The lowest BCUT2D eigenvalue weighted by molar-refractivity contribution is -0.132. The van der Waals surface area contributed by atoms with Crippen molar-refractivity contribution in [2.45, 2.75) is 19.4 Å². The highest BCUT2D eigenvalue weighted by Crippen LogP contribution is 2.24. The first-order chi connectivity index (χ1) is 13.7. The van der Waals surface area contributed by atoms with E-state index >= 15 is 0 Å². The zero-order chi connectivity index (χ0) is 19.3. The number of benzene rings is 2. The minimum Gasteiger partial charge on any atom is -0.368 e. The fourth-order valence-electron chi connectivity index (χ4n) is 3.89. The molecular weight excluding hydrogens is 346 g/mol. The molecule has 2 aromatic carbocycles. The number of carbonyl (C=O) groups is 1. The highest BCUT2D eigenvalue weighted by molar-refractivity contribution is 5.77. The highest BCUT2D eigenvalue weighted by Gasteiger charge is 2.25. The molecule has 1 aliphatic rings. The summed E-state index contributed by atoms with van der Waals surface area (Å²) in [4.78, 5) is 17.5. The van der Waals surface area contributed by atoms with Gasteiger partial charge < -0.3 is 14.4 Å². The predicted molar refractivity (Wildman–Crippen MR) is 114 cm³/mol. The largest absolute Gasteiger partial charge is 0.368 e. The van der Waals surface area contributed by atoms with E-state index in [1.165, 1.54) is 16.8 Å². The number of nitrogens with zero attached hydrogens (tertiary/aromatic N) is 3. The number of hydrogen-bond acceptors (Lipinski definition) is 2. The number of hydrogen-bond donors (Lipinski definition) is 0. The van der Waals surface area contributed by atoms with Crippen LogP contribution in [0.15, 0.2) is 79.1 Å². The summed E-state index contributed by atoms with van der Waals surface area (Å²) >= 11 is 0. The van der Waals surface area contributed by atoms with Crippen LogP contribution in [0.5, 0.6) is 0 Å². The third kappa shape index (κ3) is 4.11. The zero-order valence-corrected chi connectivity index (χ0v) is 16.4. The third-order valence-corrected chi connectivity index (χ3v) is 5.57. The second kappa shape index (κ2) is 8.34. The molecule has 4 rings (SSSR count). The molecule has 144 valence electrons. The number of amides is 1. The Morgan fingerprint density at radius 2 is 1.50 bits per heavy atom. The molecular formula is C24H27N3O. The number of para-hydroxylation sites is 1. The lowest BCUT2D eigenvalue weighted by Gasteiger charge is -2.36. The summed E-state index contributed by atoms with van der Waals surface area (Å²) in [6.45, 7) is 5.41. The van der Waals surface area contributed by atoms with Crippen molar-refractivity contribution in [3.8, 4) is 0 Å². The quantitative estimate of drug-likeness (QED) is 0.673. The molecule has 3 aromatic rings. The molecule has 1 unspecified atom stereocenters. The summed E-state index contributed by atoms with van der Waals surface area (Å²) < 4.78 is 2.14. The lowest BCUT2D eigenvalue weighted by Crippen LogP contribution is -2.49. The summed E-state index contributed by atoms with van der Waals surface area (Å²) in [7, 11) is 0. The first kappa shape index (κ1) is 18.4. The van der Waals surface area contributed by atoms with Crippen LogP contribution < -0.4 is 4.90 Å². The highest BCUT2D eigenvalue weighted by atomic mass is 16.2. The Morgan fingerprint density at radius 1 is 0.857 bits per heavy atom. The number of aromatic nitrogens is 1. The Morgan fingerprint density at radius 3 is 2.14 bits per heavy atom. The van der Waals surface area contributed by atoms with Gasteiger partial charge in [0.25, 0.3) is 0 Å². The van der Waals surface area contributed by atoms with Crippen LogP contribution in [-0.2, 0) is 4.79 Å². The standard InChI is InChI=1S/C24H27N3O/c1-20-9-11-21(12-10-20)23(26-13-5-6-14-26)19-24(28)27-17-15-25(16-18-27)22-7-3-2-4-8-22/h2-14,23H,15-19H2,1H3. The average Bonchev–Trinajstić information content (AvgIpc) is 3.28. The van der Waals surface area contributed by atoms with Gasteiger partial charge in [-0.05, 0) is 36.8 Å². The number of rotatable bonds is 5. The predicted octanol–water partition coefficient (Wildman–Crippen LogP) is 4.12.